The van der Waals surface area contributed by atoms with Crippen LogP contribution >= 0.6 is 27.5 Å². The van der Waals surface area contributed by atoms with Gasteiger partial charge in [-0.3, -0.25) is 4.79 Å². The van der Waals surface area contributed by atoms with Gasteiger partial charge in [0, 0.05) is 16.3 Å². The molecule has 0 aliphatic rings. The zero-order valence-electron chi connectivity index (χ0n) is 10.4. The lowest BCUT2D eigenvalue weighted by atomic mass is 10.1. The molecule has 0 radical (unpaired) electrons. The minimum Gasteiger partial charge on any atom is -0.478 e. The predicted molar refractivity (Wildman–Crippen MR) is 80.5 cm³/mol. The molecule has 0 atom stereocenters. The van der Waals surface area contributed by atoms with Crippen LogP contribution in [0.1, 0.15) is 20.7 Å². The number of carboxylic acids is 1. The van der Waals surface area contributed by atoms with Gasteiger partial charge in [0.25, 0.3) is 5.91 Å². The number of anilines is 1. The Morgan fingerprint density at radius 1 is 1.14 bits per heavy atom. The van der Waals surface area contributed by atoms with Crippen LogP contribution in [-0.2, 0) is 0 Å². The number of rotatable bonds is 3. The summed E-state index contributed by atoms with van der Waals surface area (Å²) in [6, 6.07) is 7.77. The van der Waals surface area contributed by atoms with Gasteiger partial charge in [-0.1, -0.05) is 11.6 Å². The number of halogens is 3. The predicted octanol–water partition coefficient (Wildman–Crippen LogP) is 4.19. The van der Waals surface area contributed by atoms with Crippen molar-refractivity contribution in [2.75, 3.05) is 5.32 Å². The summed E-state index contributed by atoms with van der Waals surface area (Å²) in [5.41, 5.74) is 0.420. The van der Waals surface area contributed by atoms with E-state index in [2.05, 4.69) is 21.2 Å². The topological polar surface area (TPSA) is 66.4 Å². The average Bonchev–Trinajstić information content (AvgIpc) is 2.41. The van der Waals surface area contributed by atoms with Crippen LogP contribution in [0.2, 0.25) is 5.02 Å². The molecule has 0 saturated carbocycles. The van der Waals surface area contributed by atoms with Crippen molar-refractivity contribution in [2.24, 2.45) is 0 Å². The number of hydrogen-bond acceptors (Lipinski definition) is 2. The molecule has 0 heterocycles. The van der Waals surface area contributed by atoms with Crippen LogP contribution in [-0.4, -0.2) is 17.0 Å². The van der Waals surface area contributed by atoms with Gasteiger partial charge in [-0.25, -0.2) is 9.18 Å². The van der Waals surface area contributed by atoms with E-state index in [0.29, 0.717) is 0 Å². The maximum atomic E-state index is 13.1. The van der Waals surface area contributed by atoms with Crippen LogP contribution in [0.4, 0.5) is 10.1 Å². The first kappa shape index (κ1) is 15.5. The number of hydrogen-bond donors (Lipinski definition) is 2. The summed E-state index contributed by atoms with van der Waals surface area (Å²) >= 11 is 8.79. The highest BCUT2D eigenvalue weighted by atomic mass is 79.9. The quantitative estimate of drug-likeness (QED) is 0.849. The van der Waals surface area contributed by atoms with Crippen molar-refractivity contribution in [1.82, 2.24) is 0 Å². The normalized spacial score (nSPS) is 10.2. The molecule has 0 bridgehead atoms. The number of aromatic carboxylic acids is 1. The lowest BCUT2D eigenvalue weighted by Crippen LogP contribution is -2.12. The molecule has 0 saturated heterocycles. The fourth-order valence-electron chi connectivity index (χ4n) is 1.63. The summed E-state index contributed by atoms with van der Waals surface area (Å²) in [6.07, 6.45) is 0. The lowest BCUT2D eigenvalue weighted by molar-refractivity contribution is 0.0696. The zero-order chi connectivity index (χ0) is 15.6. The van der Waals surface area contributed by atoms with Gasteiger partial charge in [-0.05, 0) is 52.3 Å². The van der Waals surface area contributed by atoms with E-state index in [1.807, 2.05) is 0 Å². The van der Waals surface area contributed by atoms with Crippen molar-refractivity contribution in [3.8, 4) is 0 Å². The first-order chi connectivity index (χ1) is 9.86. The molecule has 0 spiro atoms. The largest absolute Gasteiger partial charge is 0.478 e. The molecular formula is C14H8BrClFNO3. The van der Waals surface area contributed by atoms with Gasteiger partial charge in [-0.15, -0.1) is 0 Å². The third-order valence-electron chi connectivity index (χ3n) is 2.58. The number of nitrogens with one attached hydrogen (secondary N) is 1. The van der Waals surface area contributed by atoms with Crippen LogP contribution in [0.3, 0.4) is 0 Å². The third-order valence-corrected chi connectivity index (χ3v) is 3.41. The summed E-state index contributed by atoms with van der Waals surface area (Å²) in [6.45, 7) is 0. The number of carbonyl (C=O) groups excluding carboxylic acids is 1. The molecule has 0 aliphatic carbocycles. The molecule has 7 heteroatoms. The van der Waals surface area contributed by atoms with Gasteiger partial charge in [0.05, 0.1) is 10.0 Å². The Bertz CT molecular complexity index is 736. The summed E-state index contributed by atoms with van der Waals surface area (Å²) in [5, 5.41) is 11.6. The summed E-state index contributed by atoms with van der Waals surface area (Å²) in [5.74, 6) is -2.14. The second-order valence-corrected chi connectivity index (χ2v) is 5.41. The van der Waals surface area contributed by atoms with Gasteiger partial charge in [-0.2, -0.15) is 0 Å². The summed E-state index contributed by atoms with van der Waals surface area (Å²) < 4.78 is 13.3. The first-order valence-corrected chi connectivity index (χ1v) is 6.84. The number of carboxylic acid groups (broad SMARTS) is 1. The Balaban J connectivity index is 2.27. The highest BCUT2D eigenvalue weighted by Gasteiger charge is 2.11. The van der Waals surface area contributed by atoms with Crippen LogP contribution in [0.25, 0.3) is 0 Å². The smallest absolute Gasteiger partial charge is 0.335 e. The molecule has 108 valence electrons. The first-order valence-electron chi connectivity index (χ1n) is 5.67. The standard InChI is InChI=1S/C14H8BrClFNO3/c15-11-5-7(1-2-12(11)17)13(19)18-10-4-8(14(20)21)3-9(16)6-10/h1-6H,(H,18,19)(H,20,21). The lowest BCUT2D eigenvalue weighted by Gasteiger charge is -2.07. The summed E-state index contributed by atoms with van der Waals surface area (Å²) in [7, 11) is 0. The maximum Gasteiger partial charge on any atom is 0.335 e. The van der Waals surface area contributed by atoms with E-state index in [4.69, 9.17) is 16.7 Å². The molecule has 0 unspecified atom stereocenters. The van der Waals surface area contributed by atoms with Gasteiger partial charge in [0.1, 0.15) is 5.82 Å². The van der Waals surface area contributed by atoms with Crippen LogP contribution < -0.4 is 5.32 Å². The van der Waals surface area contributed by atoms with Crippen LogP contribution in [0.5, 0.6) is 0 Å². The van der Waals surface area contributed by atoms with Gasteiger partial charge in [0.15, 0.2) is 0 Å². The minimum absolute atomic E-state index is 0.0434. The Kier molecular flexibility index (Phi) is 4.59. The Morgan fingerprint density at radius 3 is 2.48 bits per heavy atom. The van der Waals surface area contributed by atoms with Crippen molar-refractivity contribution < 1.29 is 19.1 Å². The van der Waals surface area contributed by atoms with Gasteiger partial charge >= 0.3 is 5.97 Å². The van der Waals surface area contributed by atoms with E-state index in [9.17, 15) is 14.0 Å². The molecule has 4 nitrogen and oxygen atoms in total. The van der Waals surface area contributed by atoms with E-state index in [-0.39, 0.29) is 26.3 Å². The van der Waals surface area contributed by atoms with Crippen molar-refractivity contribution in [3.63, 3.8) is 0 Å². The Hall–Kier alpha value is -1.92. The van der Waals surface area contributed by atoms with E-state index >= 15 is 0 Å². The monoisotopic (exact) mass is 371 g/mol. The van der Waals surface area contributed by atoms with Crippen molar-refractivity contribution in [2.45, 2.75) is 0 Å². The molecule has 2 aromatic carbocycles. The molecule has 1 amide bonds. The van der Waals surface area contributed by atoms with E-state index in [0.717, 1.165) is 6.07 Å². The Morgan fingerprint density at radius 2 is 1.86 bits per heavy atom. The third kappa shape index (κ3) is 3.80. The molecular weight excluding hydrogens is 365 g/mol. The highest BCUT2D eigenvalue weighted by molar-refractivity contribution is 9.10. The van der Waals surface area contributed by atoms with E-state index in [1.54, 1.807) is 0 Å². The molecule has 0 aromatic heterocycles. The van der Waals surface area contributed by atoms with Gasteiger partial charge < -0.3 is 10.4 Å². The maximum absolute atomic E-state index is 13.1. The van der Waals surface area contributed by atoms with Gasteiger partial charge in [0.2, 0.25) is 0 Å². The molecule has 0 fully saturated rings. The molecule has 0 aliphatic heterocycles. The minimum atomic E-state index is -1.16. The highest BCUT2D eigenvalue weighted by Crippen LogP contribution is 2.21. The van der Waals surface area contributed by atoms with E-state index < -0.39 is 17.7 Å². The fourth-order valence-corrected chi connectivity index (χ4v) is 2.24. The SMILES string of the molecule is O=C(O)c1cc(Cl)cc(NC(=O)c2ccc(F)c(Br)c2)c1. The second kappa shape index (κ2) is 6.24. The summed E-state index contributed by atoms with van der Waals surface area (Å²) in [4.78, 5) is 22.9. The number of benzene rings is 2. The fraction of sp³-hybridized carbons (Fsp3) is 0. The van der Waals surface area contributed by atoms with Crippen molar-refractivity contribution in [1.29, 1.82) is 0 Å². The number of amides is 1. The number of carbonyl (C=O) groups is 2. The van der Waals surface area contributed by atoms with Crippen LogP contribution in [0, 0.1) is 5.82 Å². The van der Waals surface area contributed by atoms with Crippen LogP contribution in [0.15, 0.2) is 40.9 Å². The second-order valence-electron chi connectivity index (χ2n) is 4.12. The average molecular weight is 373 g/mol. The molecule has 2 rings (SSSR count). The molecule has 21 heavy (non-hydrogen) atoms. The molecule has 2 aromatic rings. The van der Waals surface area contributed by atoms with Crippen molar-refractivity contribution in [3.05, 3.63) is 62.8 Å². The van der Waals surface area contributed by atoms with E-state index in [1.165, 1.54) is 30.3 Å². The molecule has 2 N–H and O–H groups in total. The zero-order valence-corrected chi connectivity index (χ0v) is 12.7. The Labute approximate surface area is 132 Å². The van der Waals surface area contributed by atoms with Crippen molar-refractivity contribution >= 4 is 45.1 Å².